The van der Waals surface area contributed by atoms with Gasteiger partial charge in [0.15, 0.2) is 5.78 Å². The predicted molar refractivity (Wildman–Crippen MR) is 83.9 cm³/mol. The number of carbonyl (C=O) groups is 2. The van der Waals surface area contributed by atoms with Crippen LogP contribution in [0.2, 0.25) is 0 Å². The Labute approximate surface area is 133 Å². The minimum Gasteiger partial charge on any atom is -0.420 e. The van der Waals surface area contributed by atoms with E-state index in [1.807, 2.05) is 13.8 Å². The summed E-state index contributed by atoms with van der Waals surface area (Å²) >= 11 is 1.32. The van der Waals surface area contributed by atoms with Crippen LogP contribution in [0.3, 0.4) is 0 Å². The molecule has 0 fully saturated rings. The molecule has 0 atom stereocenters. The fraction of sp³-hybridized carbons (Fsp3) is 0.467. The Kier molecular flexibility index (Phi) is 5.43. The number of amides is 1. The quantitative estimate of drug-likeness (QED) is 0.733. The van der Waals surface area contributed by atoms with Crippen molar-refractivity contribution >= 4 is 23.0 Å². The van der Waals surface area contributed by atoms with Gasteiger partial charge in [0.1, 0.15) is 0 Å². The normalized spacial score (nSPS) is 10.7. The number of ketones is 1. The van der Waals surface area contributed by atoms with Gasteiger partial charge in [-0.15, -0.1) is 21.5 Å². The summed E-state index contributed by atoms with van der Waals surface area (Å²) in [5.41, 5.74) is 0. The highest BCUT2D eigenvalue weighted by Gasteiger charge is 2.15. The molecule has 0 bridgehead atoms. The number of rotatable bonds is 7. The molecule has 2 heterocycles. The number of aryl methyl sites for hydroxylation is 1. The van der Waals surface area contributed by atoms with Gasteiger partial charge in [-0.2, -0.15) is 0 Å². The van der Waals surface area contributed by atoms with Crippen LogP contribution in [0.1, 0.15) is 42.8 Å². The SMILES string of the molecule is CCN(CC)C(=O)CCc1nnc(-c2ccc(C(C)=O)s2)o1. The van der Waals surface area contributed by atoms with E-state index in [-0.39, 0.29) is 11.7 Å². The minimum atomic E-state index is 0.0146. The molecule has 0 aliphatic rings. The summed E-state index contributed by atoms with van der Waals surface area (Å²) in [6, 6.07) is 3.54. The number of nitrogens with zero attached hydrogens (tertiary/aromatic N) is 3. The fourth-order valence-electron chi connectivity index (χ4n) is 2.04. The minimum absolute atomic E-state index is 0.0146. The molecular weight excluding hydrogens is 302 g/mol. The van der Waals surface area contributed by atoms with Crippen molar-refractivity contribution in [3.05, 3.63) is 22.9 Å². The van der Waals surface area contributed by atoms with Gasteiger partial charge >= 0.3 is 0 Å². The molecule has 2 aromatic rings. The Morgan fingerprint density at radius 2 is 1.95 bits per heavy atom. The lowest BCUT2D eigenvalue weighted by atomic mass is 10.2. The van der Waals surface area contributed by atoms with E-state index in [9.17, 15) is 9.59 Å². The Hall–Kier alpha value is -2.02. The first-order valence-electron chi connectivity index (χ1n) is 7.26. The summed E-state index contributed by atoms with van der Waals surface area (Å²) in [7, 11) is 0. The molecule has 22 heavy (non-hydrogen) atoms. The second-order valence-electron chi connectivity index (χ2n) is 4.79. The topological polar surface area (TPSA) is 76.3 Å². The highest BCUT2D eigenvalue weighted by Crippen LogP contribution is 2.27. The molecule has 0 aliphatic carbocycles. The number of thiophene rings is 1. The lowest BCUT2D eigenvalue weighted by Gasteiger charge is -2.17. The van der Waals surface area contributed by atoms with E-state index >= 15 is 0 Å². The molecule has 2 rings (SSSR count). The largest absolute Gasteiger partial charge is 0.420 e. The van der Waals surface area contributed by atoms with Gasteiger partial charge in [-0.05, 0) is 32.9 Å². The molecule has 0 aliphatic heterocycles. The first kappa shape index (κ1) is 16.4. The van der Waals surface area contributed by atoms with Crippen molar-refractivity contribution in [1.29, 1.82) is 0 Å². The van der Waals surface area contributed by atoms with Crippen molar-refractivity contribution in [3.8, 4) is 10.8 Å². The predicted octanol–water partition coefficient (Wildman–Crippen LogP) is 2.80. The third kappa shape index (κ3) is 3.79. The zero-order valence-electron chi connectivity index (χ0n) is 13.0. The van der Waals surface area contributed by atoms with Gasteiger partial charge in [0, 0.05) is 25.9 Å². The van der Waals surface area contributed by atoms with Crippen LogP contribution in [0.25, 0.3) is 10.8 Å². The van der Waals surface area contributed by atoms with Gasteiger partial charge in [0.25, 0.3) is 5.89 Å². The monoisotopic (exact) mass is 321 g/mol. The lowest BCUT2D eigenvalue weighted by molar-refractivity contribution is -0.130. The van der Waals surface area contributed by atoms with E-state index in [0.29, 0.717) is 42.6 Å². The molecule has 118 valence electrons. The summed E-state index contributed by atoms with van der Waals surface area (Å²) in [6.45, 7) is 6.83. The maximum Gasteiger partial charge on any atom is 0.257 e. The number of hydrogen-bond acceptors (Lipinski definition) is 6. The van der Waals surface area contributed by atoms with E-state index in [1.165, 1.54) is 18.3 Å². The second kappa shape index (κ2) is 7.31. The Balaban J connectivity index is 1.99. The van der Waals surface area contributed by atoms with Crippen molar-refractivity contribution in [1.82, 2.24) is 15.1 Å². The molecule has 0 unspecified atom stereocenters. The van der Waals surface area contributed by atoms with Crippen molar-refractivity contribution in [2.75, 3.05) is 13.1 Å². The highest BCUT2D eigenvalue weighted by molar-refractivity contribution is 7.17. The summed E-state index contributed by atoms with van der Waals surface area (Å²) in [6.07, 6.45) is 0.778. The standard InChI is InChI=1S/C15H19N3O3S/c1-4-18(5-2)14(20)9-8-13-16-17-15(21-13)12-7-6-11(22-12)10(3)19/h6-7H,4-5,8-9H2,1-3H3. The van der Waals surface area contributed by atoms with Crippen LogP contribution in [-0.2, 0) is 11.2 Å². The van der Waals surface area contributed by atoms with Crippen LogP contribution in [0, 0.1) is 0 Å². The van der Waals surface area contributed by atoms with Gasteiger partial charge < -0.3 is 9.32 Å². The molecule has 6 nitrogen and oxygen atoms in total. The van der Waals surface area contributed by atoms with Crippen LogP contribution in [0.4, 0.5) is 0 Å². The van der Waals surface area contributed by atoms with Gasteiger partial charge in [0.2, 0.25) is 11.8 Å². The van der Waals surface area contributed by atoms with E-state index < -0.39 is 0 Å². The van der Waals surface area contributed by atoms with E-state index in [1.54, 1.807) is 17.0 Å². The summed E-state index contributed by atoms with van der Waals surface area (Å²) in [5, 5.41) is 7.94. The zero-order valence-corrected chi connectivity index (χ0v) is 13.8. The zero-order chi connectivity index (χ0) is 16.1. The molecule has 0 N–H and O–H groups in total. The molecule has 1 amide bonds. The number of hydrogen-bond donors (Lipinski definition) is 0. The number of carbonyl (C=O) groups excluding carboxylic acids is 2. The third-order valence-corrected chi connectivity index (χ3v) is 4.47. The van der Waals surface area contributed by atoms with Crippen molar-refractivity contribution in [2.24, 2.45) is 0 Å². The number of Topliss-reactive ketones (excluding diaryl/α,β-unsaturated/α-hetero) is 1. The van der Waals surface area contributed by atoms with E-state index in [4.69, 9.17) is 4.42 Å². The van der Waals surface area contributed by atoms with Crippen LogP contribution >= 0.6 is 11.3 Å². The van der Waals surface area contributed by atoms with Gasteiger partial charge in [0.05, 0.1) is 9.75 Å². The Morgan fingerprint density at radius 1 is 1.23 bits per heavy atom. The van der Waals surface area contributed by atoms with Gasteiger partial charge in [-0.1, -0.05) is 0 Å². The highest BCUT2D eigenvalue weighted by atomic mass is 32.1. The first-order valence-corrected chi connectivity index (χ1v) is 8.08. The summed E-state index contributed by atoms with van der Waals surface area (Å²) < 4.78 is 5.57. The van der Waals surface area contributed by atoms with Crippen LogP contribution in [0.15, 0.2) is 16.5 Å². The first-order chi connectivity index (χ1) is 10.5. The van der Waals surface area contributed by atoms with Crippen molar-refractivity contribution < 1.29 is 14.0 Å². The van der Waals surface area contributed by atoms with Crippen LogP contribution < -0.4 is 0 Å². The average Bonchev–Trinajstić information content (AvgIpc) is 3.15. The summed E-state index contributed by atoms with van der Waals surface area (Å²) in [4.78, 5) is 26.4. The maximum atomic E-state index is 11.9. The Morgan fingerprint density at radius 3 is 2.55 bits per heavy atom. The third-order valence-electron chi connectivity index (χ3n) is 3.30. The molecule has 0 radical (unpaired) electrons. The van der Waals surface area contributed by atoms with E-state index in [2.05, 4.69) is 10.2 Å². The summed E-state index contributed by atoms with van der Waals surface area (Å²) in [5.74, 6) is 0.927. The fourth-order valence-corrected chi connectivity index (χ4v) is 2.87. The van der Waals surface area contributed by atoms with Crippen LogP contribution in [-0.4, -0.2) is 39.9 Å². The molecule has 0 saturated carbocycles. The average molecular weight is 321 g/mol. The molecule has 0 spiro atoms. The van der Waals surface area contributed by atoms with Gasteiger partial charge in [-0.3, -0.25) is 9.59 Å². The molecule has 2 aromatic heterocycles. The molecule has 0 saturated heterocycles. The maximum absolute atomic E-state index is 11.9. The van der Waals surface area contributed by atoms with Crippen molar-refractivity contribution in [2.45, 2.75) is 33.6 Å². The van der Waals surface area contributed by atoms with Gasteiger partial charge in [-0.25, -0.2) is 0 Å². The lowest BCUT2D eigenvalue weighted by Crippen LogP contribution is -2.30. The van der Waals surface area contributed by atoms with Crippen LogP contribution in [0.5, 0.6) is 0 Å². The van der Waals surface area contributed by atoms with E-state index in [0.717, 1.165) is 4.88 Å². The Bertz CT molecular complexity index is 659. The van der Waals surface area contributed by atoms with Crippen molar-refractivity contribution in [3.63, 3.8) is 0 Å². The molecule has 7 heteroatoms. The second-order valence-corrected chi connectivity index (χ2v) is 5.87. The smallest absolute Gasteiger partial charge is 0.257 e. The number of aromatic nitrogens is 2. The molecular formula is C15H19N3O3S. The molecule has 0 aromatic carbocycles.